The number of hydrogen-bond acceptors (Lipinski definition) is 3. The first kappa shape index (κ1) is 6.52. The first-order valence-electron chi connectivity index (χ1n) is 3.86. The van der Waals surface area contributed by atoms with Crippen molar-refractivity contribution in [3.05, 3.63) is 6.20 Å². The number of anilines is 2. The summed E-state index contributed by atoms with van der Waals surface area (Å²) in [5.41, 5.74) is 6.42. The van der Waals surface area contributed by atoms with Gasteiger partial charge in [0.2, 0.25) is 0 Å². The van der Waals surface area contributed by atoms with Crippen LogP contribution in [-0.4, -0.2) is 16.3 Å². The minimum Gasteiger partial charge on any atom is -0.394 e. The third-order valence-electron chi connectivity index (χ3n) is 2.10. The molecule has 1 aromatic heterocycles. The average molecular weight is 152 g/mol. The standard InChI is InChI=1S/C7H12N4/c1-5-2-3-9-7-6(8)4-10-11(5)7/h4-5,9H,2-3,8H2,1H3. The molecular weight excluding hydrogens is 140 g/mol. The third kappa shape index (κ3) is 0.859. The van der Waals surface area contributed by atoms with E-state index in [0.29, 0.717) is 6.04 Å². The van der Waals surface area contributed by atoms with Gasteiger partial charge in [0, 0.05) is 6.54 Å². The van der Waals surface area contributed by atoms with Crippen LogP contribution in [0.1, 0.15) is 19.4 Å². The lowest BCUT2D eigenvalue weighted by Gasteiger charge is -2.22. The highest BCUT2D eigenvalue weighted by Gasteiger charge is 2.17. The first-order chi connectivity index (χ1) is 5.29. The molecule has 3 N–H and O–H groups in total. The van der Waals surface area contributed by atoms with Crippen molar-refractivity contribution in [1.82, 2.24) is 9.78 Å². The number of nitrogens with zero attached hydrogens (tertiary/aromatic N) is 2. The maximum absolute atomic E-state index is 5.68. The molecule has 11 heavy (non-hydrogen) atoms. The van der Waals surface area contributed by atoms with Gasteiger partial charge in [-0.2, -0.15) is 5.10 Å². The minimum absolute atomic E-state index is 0.476. The quantitative estimate of drug-likeness (QED) is 0.579. The molecule has 4 heteroatoms. The fourth-order valence-corrected chi connectivity index (χ4v) is 1.41. The Morgan fingerprint density at radius 1 is 1.82 bits per heavy atom. The molecule has 60 valence electrons. The molecule has 1 aliphatic rings. The molecule has 4 nitrogen and oxygen atoms in total. The third-order valence-corrected chi connectivity index (χ3v) is 2.10. The summed E-state index contributed by atoms with van der Waals surface area (Å²) in [6, 6.07) is 0.476. The zero-order chi connectivity index (χ0) is 7.84. The van der Waals surface area contributed by atoms with Crippen LogP contribution in [0.15, 0.2) is 6.20 Å². The molecule has 0 aromatic carbocycles. The van der Waals surface area contributed by atoms with Crippen molar-refractivity contribution in [3.8, 4) is 0 Å². The van der Waals surface area contributed by atoms with Gasteiger partial charge in [0.05, 0.1) is 17.9 Å². The van der Waals surface area contributed by atoms with Crippen molar-refractivity contribution in [2.75, 3.05) is 17.6 Å². The Morgan fingerprint density at radius 3 is 3.36 bits per heavy atom. The zero-order valence-electron chi connectivity index (χ0n) is 6.54. The summed E-state index contributed by atoms with van der Waals surface area (Å²) in [5.74, 6) is 0.976. The fraction of sp³-hybridized carbons (Fsp3) is 0.571. The second-order valence-corrected chi connectivity index (χ2v) is 2.96. The predicted molar refractivity (Wildman–Crippen MR) is 44.5 cm³/mol. The van der Waals surface area contributed by atoms with Gasteiger partial charge in [0.15, 0.2) is 0 Å². The van der Waals surface area contributed by atoms with Crippen LogP contribution in [0.3, 0.4) is 0 Å². The Balaban J connectivity index is 2.46. The Morgan fingerprint density at radius 2 is 2.64 bits per heavy atom. The van der Waals surface area contributed by atoms with Crippen molar-refractivity contribution in [3.63, 3.8) is 0 Å². The van der Waals surface area contributed by atoms with Crippen molar-refractivity contribution < 1.29 is 0 Å². The molecule has 0 saturated heterocycles. The first-order valence-corrected chi connectivity index (χ1v) is 3.86. The molecule has 1 aromatic rings. The highest BCUT2D eigenvalue weighted by atomic mass is 15.4. The van der Waals surface area contributed by atoms with Gasteiger partial charge in [-0.1, -0.05) is 0 Å². The van der Waals surface area contributed by atoms with Crippen molar-refractivity contribution in [2.45, 2.75) is 19.4 Å². The lowest BCUT2D eigenvalue weighted by molar-refractivity contribution is 0.453. The summed E-state index contributed by atoms with van der Waals surface area (Å²) in [6.07, 6.45) is 2.82. The Bertz CT molecular complexity index is 265. The van der Waals surface area contributed by atoms with Crippen LogP contribution in [-0.2, 0) is 0 Å². The highest BCUT2D eigenvalue weighted by Crippen LogP contribution is 2.26. The largest absolute Gasteiger partial charge is 0.394 e. The van der Waals surface area contributed by atoms with E-state index < -0.39 is 0 Å². The summed E-state index contributed by atoms with van der Waals surface area (Å²) in [6.45, 7) is 3.15. The Hall–Kier alpha value is -1.19. The summed E-state index contributed by atoms with van der Waals surface area (Å²) in [7, 11) is 0. The van der Waals surface area contributed by atoms with E-state index in [2.05, 4.69) is 17.3 Å². The van der Waals surface area contributed by atoms with Crippen LogP contribution in [0, 0.1) is 0 Å². The van der Waals surface area contributed by atoms with Crippen LogP contribution in [0.4, 0.5) is 11.5 Å². The molecule has 0 fully saturated rings. The molecule has 2 rings (SSSR count). The Kier molecular flexibility index (Phi) is 1.27. The molecule has 1 aliphatic heterocycles. The highest BCUT2D eigenvalue weighted by molar-refractivity contribution is 5.61. The normalized spacial score (nSPS) is 22.5. The number of nitrogens with two attached hydrogens (primary N) is 1. The monoisotopic (exact) mass is 152 g/mol. The van der Waals surface area contributed by atoms with E-state index in [-0.39, 0.29) is 0 Å². The second kappa shape index (κ2) is 2.15. The van der Waals surface area contributed by atoms with Crippen molar-refractivity contribution >= 4 is 11.5 Å². The number of fused-ring (bicyclic) bond motifs is 1. The summed E-state index contributed by atoms with van der Waals surface area (Å²) >= 11 is 0. The van der Waals surface area contributed by atoms with Crippen LogP contribution in [0.2, 0.25) is 0 Å². The molecular formula is C7H12N4. The van der Waals surface area contributed by atoms with Crippen LogP contribution < -0.4 is 11.1 Å². The zero-order valence-corrected chi connectivity index (χ0v) is 6.54. The smallest absolute Gasteiger partial charge is 0.148 e. The number of hydrogen-bond donors (Lipinski definition) is 2. The number of nitrogens with one attached hydrogen (secondary N) is 1. The van der Waals surface area contributed by atoms with Gasteiger partial charge in [0.25, 0.3) is 0 Å². The predicted octanol–water partition coefficient (Wildman–Crippen LogP) is 0.842. The van der Waals surface area contributed by atoms with E-state index in [1.165, 1.54) is 0 Å². The summed E-state index contributed by atoms with van der Waals surface area (Å²) < 4.78 is 1.94. The lowest BCUT2D eigenvalue weighted by Crippen LogP contribution is -2.21. The molecule has 1 atom stereocenters. The molecule has 0 amide bonds. The molecule has 0 spiro atoms. The van der Waals surface area contributed by atoms with Crippen molar-refractivity contribution in [2.24, 2.45) is 0 Å². The molecule has 1 unspecified atom stereocenters. The van der Waals surface area contributed by atoms with E-state index in [4.69, 9.17) is 5.73 Å². The molecule has 2 heterocycles. The molecule has 0 saturated carbocycles. The number of rotatable bonds is 0. The van der Waals surface area contributed by atoms with Gasteiger partial charge in [-0.15, -0.1) is 0 Å². The average Bonchev–Trinajstić information content (AvgIpc) is 2.35. The van der Waals surface area contributed by atoms with Crippen LogP contribution in [0.25, 0.3) is 0 Å². The SMILES string of the molecule is CC1CCNc2c(N)cnn21. The van der Waals surface area contributed by atoms with Gasteiger partial charge in [0.1, 0.15) is 5.82 Å². The number of nitrogen functional groups attached to an aromatic ring is 1. The van der Waals surface area contributed by atoms with E-state index >= 15 is 0 Å². The molecule has 0 bridgehead atoms. The van der Waals surface area contributed by atoms with Gasteiger partial charge < -0.3 is 11.1 Å². The minimum atomic E-state index is 0.476. The maximum Gasteiger partial charge on any atom is 0.148 e. The van der Waals surface area contributed by atoms with E-state index in [9.17, 15) is 0 Å². The number of aromatic nitrogens is 2. The van der Waals surface area contributed by atoms with Gasteiger partial charge in [-0.05, 0) is 13.3 Å². The fourth-order valence-electron chi connectivity index (χ4n) is 1.41. The van der Waals surface area contributed by atoms with Crippen LogP contribution in [0.5, 0.6) is 0 Å². The maximum atomic E-state index is 5.68. The van der Waals surface area contributed by atoms with Gasteiger partial charge in [-0.3, -0.25) is 0 Å². The van der Waals surface area contributed by atoms with E-state index in [1.807, 2.05) is 4.68 Å². The summed E-state index contributed by atoms with van der Waals surface area (Å²) in [4.78, 5) is 0. The van der Waals surface area contributed by atoms with Gasteiger partial charge >= 0.3 is 0 Å². The van der Waals surface area contributed by atoms with Gasteiger partial charge in [-0.25, -0.2) is 4.68 Å². The Labute approximate surface area is 65.4 Å². The second-order valence-electron chi connectivity index (χ2n) is 2.96. The van der Waals surface area contributed by atoms with E-state index in [1.54, 1.807) is 6.20 Å². The topological polar surface area (TPSA) is 55.9 Å². The molecule has 0 aliphatic carbocycles. The van der Waals surface area contributed by atoms with Crippen molar-refractivity contribution in [1.29, 1.82) is 0 Å². The van der Waals surface area contributed by atoms with Crippen LogP contribution >= 0.6 is 0 Å². The van der Waals surface area contributed by atoms with E-state index in [0.717, 1.165) is 24.5 Å². The summed E-state index contributed by atoms with van der Waals surface area (Å²) in [5, 5.41) is 7.38. The molecule has 0 radical (unpaired) electrons. The lowest BCUT2D eigenvalue weighted by atomic mass is 10.2.